The average molecular weight is 379 g/mol. The Bertz CT molecular complexity index is 788. The Balaban J connectivity index is 0.00000243. The van der Waals surface area contributed by atoms with Crippen molar-refractivity contribution >= 4 is 29.9 Å². The van der Waals surface area contributed by atoms with Gasteiger partial charge in [-0.25, -0.2) is 4.39 Å². The van der Waals surface area contributed by atoms with Gasteiger partial charge in [-0.1, -0.05) is 6.07 Å². The van der Waals surface area contributed by atoms with Crippen LogP contribution in [-0.2, 0) is 4.79 Å². The van der Waals surface area contributed by atoms with Gasteiger partial charge in [-0.05, 0) is 29.8 Å². The first-order chi connectivity index (χ1) is 12.1. The van der Waals surface area contributed by atoms with Crippen LogP contribution in [0.2, 0.25) is 0 Å². The molecule has 1 aliphatic rings. The van der Waals surface area contributed by atoms with Gasteiger partial charge >= 0.3 is 0 Å². The Morgan fingerprint density at radius 1 is 1.35 bits per heavy atom. The smallest absolute Gasteiger partial charge is 0.254 e. The van der Waals surface area contributed by atoms with Crippen LogP contribution in [-0.4, -0.2) is 41.3 Å². The molecule has 0 bridgehead atoms. The lowest BCUT2D eigenvalue weighted by Crippen LogP contribution is -2.48. The number of nitrogens with one attached hydrogen (secondary N) is 2. The summed E-state index contributed by atoms with van der Waals surface area (Å²) in [6.45, 7) is 3.13. The Morgan fingerprint density at radius 3 is 2.85 bits per heavy atom. The van der Waals surface area contributed by atoms with E-state index in [0.717, 1.165) is 5.56 Å². The van der Waals surface area contributed by atoms with Crippen molar-refractivity contribution < 1.29 is 14.0 Å². The second-order valence-corrected chi connectivity index (χ2v) is 5.88. The number of carbonyl (C=O) groups is 2. The molecule has 1 fully saturated rings. The van der Waals surface area contributed by atoms with E-state index in [1.54, 1.807) is 17.3 Å². The van der Waals surface area contributed by atoms with Gasteiger partial charge in [-0.15, -0.1) is 12.4 Å². The van der Waals surface area contributed by atoms with E-state index in [1.165, 1.54) is 25.1 Å². The first-order valence-corrected chi connectivity index (χ1v) is 8.05. The topological polar surface area (TPSA) is 74.3 Å². The van der Waals surface area contributed by atoms with Gasteiger partial charge in [0.2, 0.25) is 5.91 Å². The van der Waals surface area contributed by atoms with Crippen LogP contribution in [0.25, 0.3) is 0 Å². The number of piperazine rings is 1. The number of benzene rings is 1. The molecule has 0 aliphatic carbocycles. The maximum absolute atomic E-state index is 13.8. The second kappa shape index (κ2) is 8.73. The van der Waals surface area contributed by atoms with E-state index in [-0.39, 0.29) is 36.0 Å². The van der Waals surface area contributed by atoms with Crippen LogP contribution in [0.15, 0.2) is 42.7 Å². The minimum absolute atomic E-state index is 0. The summed E-state index contributed by atoms with van der Waals surface area (Å²) in [7, 11) is 0. The normalized spacial score (nSPS) is 16.5. The van der Waals surface area contributed by atoms with Gasteiger partial charge in [0, 0.05) is 44.5 Å². The molecule has 1 saturated heterocycles. The van der Waals surface area contributed by atoms with Crippen molar-refractivity contribution in [1.82, 2.24) is 15.2 Å². The number of amides is 2. The van der Waals surface area contributed by atoms with Crippen LogP contribution in [0.1, 0.15) is 28.9 Å². The van der Waals surface area contributed by atoms with E-state index >= 15 is 0 Å². The molecule has 2 heterocycles. The third kappa shape index (κ3) is 4.36. The zero-order valence-corrected chi connectivity index (χ0v) is 15.1. The standard InChI is InChI=1S/C18H19FN4O2.ClH/c1-12(24)22-16-9-13(4-5-15(16)19)18(25)23-8-7-21-11-17(23)14-3-2-6-20-10-14;/h2-6,9-10,17,21H,7-8,11H2,1H3,(H,22,24);1H. The van der Waals surface area contributed by atoms with Gasteiger partial charge in [0.05, 0.1) is 11.7 Å². The molecule has 1 aromatic carbocycles. The fourth-order valence-electron chi connectivity index (χ4n) is 2.93. The largest absolute Gasteiger partial charge is 0.329 e. The fraction of sp³-hybridized carbons (Fsp3) is 0.278. The number of anilines is 1. The average Bonchev–Trinajstić information content (AvgIpc) is 2.63. The van der Waals surface area contributed by atoms with Crippen LogP contribution in [0.4, 0.5) is 10.1 Å². The van der Waals surface area contributed by atoms with Crippen LogP contribution >= 0.6 is 12.4 Å². The Morgan fingerprint density at radius 2 is 2.15 bits per heavy atom. The van der Waals surface area contributed by atoms with Gasteiger partial charge in [-0.3, -0.25) is 14.6 Å². The van der Waals surface area contributed by atoms with E-state index in [0.29, 0.717) is 25.2 Å². The van der Waals surface area contributed by atoms with E-state index < -0.39 is 5.82 Å². The summed E-state index contributed by atoms with van der Waals surface area (Å²) in [6, 6.07) is 7.62. The molecule has 1 aliphatic heterocycles. The summed E-state index contributed by atoms with van der Waals surface area (Å²) in [5.41, 5.74) is 1.28. The lowest BCUT2D eigenvalue weighted by atomic mass is 10.0. The molecular formula is C18H20ClFN4O2. The van der Waals surface area contributed by atoms with E-state index in [2.05, 4.69) is 15.6 Å². The molecule has 2 aromatic rings. The number of hydrogen-bond acceptors (Lipinski definition) is 4. The van der Waals surface area contributed by atoms with Crippen LogP contribution in [0.3, 0.4) is 0 Å². The summed E-state index contributed by atoms with van der Waals surface area (Å²) >= 11 is 0. The molecule has 1 aromatic heterocycles. The second-order valence-electron chi connectivity index (χ2n) is 5.88. The fourth-order valence-corrected chi connectivity index (χ4v) is 2.93. The van der Waals surface area contributed by atoms with Gasteiger partial charge in [0.1, 0.15) is 5.82 Å². The maximum atomic E-state index is 13.8. The maximum Gasteiger partial charge on any atom is 0.254 e. The van der Waals surface area contributed by atoms with Gasteiger partial charge < -0.3 is 15.5 Å². The van der Waals surface area contributed by atoms with E-state index in [1.807, 2.05) is 12.1 Å². The number of aromatic nitrogens is 1. The Kier molecular flexibility index (Phi) is 6.65. The number of rotatable bonds is 3. The molecule has 1 atom stereocenters. The summed E-state index contributed by atoms with van der Waals surface area (Å²) in [4.78, 5) is 30.0. The van der Waals surface area contributed by atoms with E-state index in [4.69, 9.17) is 0 Å². The van der Waals surface area contributed by atoms with Crippen molar-refractivity contribution in [3.8, 4) is 0 Å². The van der Waals surface area contributed by atoms with Crippen LogP contribution in [0.5, 0.6) is 0 Å². The van der Waals surface area contributed by atoms with E-state index in [9.17, 15) is 14.0 Å². The third-order valence-electron chi connectivity index (χ3n) is 4.10. The predicted molar refractivity (Wildman–Crippen MR) is 98.8 cm³/mol. The summed E-state index contributed by atoms with van der Waals surface area (Å²) in [5, 5.41) is 5.68. The molecule has 0 spiro atoms. The molecule has 26 heavy (non-hydrogen) atoms. The Labute approximate surface area is 157 Å². The van der Waals surface area contributed by atoms with Crippen molar-refractivity contribution in [3.05, 3.63) is 59.7 Å². The molecule has 138 valence electrons. The molecule has 0 radical (unpaired) electrons. The molecule has 2 N–H and O–H groups in total. The zero-order valence-electron chi connectivity index (χ0n) is 14.2. The predicted octanol–water partition coefficient (Wildman–Crippen LogP) is 2.39. The van der Waals surface area contributed by atoms with Crippen LogP contribution < -0.4 is 10.6 Å². The molecular weight excluding hydrogens is 359 g/mol. The lowest BCUT2D eigenvalue weighted by Gasteiger charge is -2.36. The first kappa shape index (κ1) is 19.8. The monoisotopic (exact) mass is 378 g/mol. The minimum atomic E-state index is -0.573. The molecule has 8 heteroatoms. The highest BCUT2D eigenvalue weighted by molar-refractivity contribution is 5.97. The number of nitrogens with zero attached hydrogens (tertiary/aromatic N) is 2. The molecule has 2 amide bonds. The molecule has 1 unspecified atom stereocenters. The van der Waals surface area contributed by atoms with Crippen molar-refractivity contribution in [2.24, 2.45) is 0 Å². The highest BCUT2D eigenvalue weighted by Crippen LogP contribution is 2.25. The molecule has 3 rings (SSSR count). The number of pyridine rings is 1. The van der Waals surface area contributed by atoms with Crippen LogP contribution in [0, 0.1) is 5.82 Å². The first-order valence-electron chi connectivity index (χ1n) is 8.05. The highest BCUT2D eigenvalue weighted by Gasteiger charge is 2.29. The number of halogens is 2. The van der Waals surface area contributed by atoms with Crippen molar-refractivity contribution in [2.75, 3.05) is 25.0 Å². The summed E-state index contributed by atoms with van der Waals surface area (Å²) in [5.74, 6) is -1.17. The molecule has 0 saturated carbocycles. The zero-order chi connectivity index (χ0) is 17.8. The van der Waals surface area contributed by atoms with Gasteiger partial charge in [0.25, 0.3) is 5.91 Å². The quantitative estimate of drug-likeness (QED) is 0.860. The SMILES string of the molecule is CC(=O)Nc1cc(C(=O)N2CCNCC2c2cccnc2)ccc1F.Cl. The third-order valence-corrected chi connectivity index (χ3v) is 4.10. The lowest BCUT2D eigenvalue weighted by molar-refractivity contribution is -0.114. The Hall–Kier alpha value is -2.51. The summed E-state index contributed by atoms with van der Waals surface area (Å²) < 4.78 is 13.8. The van der Waals surface area contributed by atoms with Crippen molar-refractivity contribution in [1.29, 1.82) is 0 Å². The van der Waals surface area contributed by atoms with Gasteiger partial charge in [-0.2, -0.15) is 0 Å². The minimum Gasteiger partial charge on any atom is -0.329 e. The van der Waals surface area contributed by atoms with Gasteiger partial charge in [0.15, 0.2) is 0 Å². The van der Waals surface area contributed by atoms with Crippen molar-refractivity contribution in [3.63, 3.8) is 0 Å². The number of hydrogen-bond donors (Lipinski definition) is 2. The summed E-state index contributed by atoms with van der Waals surface area (Å²) in [6.07, 6.45) is 3.43. The van der Waals surface area contributed by atoms with Crippen molar-refractivity contribution in [2.45, 2.75) is 13.0 Å². The highest BCUT2D eigenvalue weighted by atomic mass is 35.5. The number of carbonyl (C=O) groups excluding carboxylic acids is 2. The molecule has 6 nitrogen and oxygen atoms in total.